The molecule has 0 aliphatic rings. The number of carbonyl (C=O) groups is 1. The van der Waals surface area contributed by atoms with Crippen LogP contribution < -0.4 is 0 Å². The molecule has 0 amide bonds. The molecule has 0 spiro atoms. The predicted octanol–water partition coefficient (Wildman–Crippen LogP) is 6.03. The zero-order valence-electron chi connectivity index (χ0n) is 19.5. The molecule has 164 valence electrons. The van der Waals surface area contributed by atoms with E-state index < -0.39 is 14.6 Å². The molecule has 0 saturated carbocycles. The number of Topliss-reactive ketones (excluding diaryl/α,β-unsaturated/α-hetero) is 1. The number of carbonyl (C=O) groups excluding carboxylic acids is 1. The van der Waals surface area contributed by atoms with E-state index in [0.717, 1.165) is 35.1 Å². The first-order chi connectivity index (χ1) is 13.8. The van der Waals surface area contributed by atoms with Crippen molar-refractivity contribution in [3.63, 3.8) is 0 Å². The van der Waals surface area contributed by atoms with E-state index in [2.05, 4.69) is 27.7 Å². The van der Waals surface area contributed by atoms with Gasteiger partial charge in [0.25, 0.3) is 0 Å². The van der Waals surface area contributed by atoms with Crippen LogP contribution in [0.25, 0.3) is 0 Å². The van der Waals surface area contributed by atoms with Crippen molar-refractivity contribution in [2.75, 3.05) is 0 Å². The summed E-state index contributed by atoms with van der Waals surface area (Å²) in [7, 11) is -3.18. The van der Waals surface area contributed by atoms with Crippen LogP contribution in [0.4, 0.5) is 0 Å². The van der Waals surface area contributed by atoms with Crippen LogP contribution in [0.15, 0.2) is 36.4 Å². The van der Waals surface area contributed by atoms with E-state index in [1.807, 2.05) is 36.4 Å². The van der Waals surface area contributed by atoms with Crippen molar-refractivity contribution in [3.8, 4) is 0 Å². The van der Waals surface area contributed by atoms with Crippen molar-refractivity contribution in [3.05, 3.63) is 69.8 Å². The Hall–Kier alpha value is -1.94. The van der Waals surface area contributed by atoms with Crippen molar-refractivity contribution in [1.82, 2.24) is 0 Å². The van der Waals surface area contributed by atoms with Crippen molar-refractivity contribution >= 4 is 15.6 Å². The fourth-order valence-electron chi connectivity index (χ4n) is 3.54. The van der Waals surface area contributed by atoms with Gasteiger partial charge < -0.3 is 0 Å². The SMILES string of the molecule is Cc1cc(C(=O)CC(C)C)cc(C)c1CCc1ccc(CS(=O)(=O)C(C)(C)C)cc1. The first-order valence-electron chi connectivity index (χ1n) is 10.7. The van der Waals surface area contributed by atoms with Crippen molar-refractivity contribution in [1.29, 1.82) is 0 Å². The molecule has 4 heteroatoms. The number of rotatable bonds is 8. The third-order valence-electron chi connectivity index (χ3n) is 5.59. The number of hydrogen-bond donors (Lipinski definition) is 0. The number of benzene rings is 2. The van der Waals surface area contributed by atoms with Gasteiger partial charge in [0, 0.05) is 12.0 Å². The smallest absolute Gasteiger partial charge is 0.163 e. The first kappa shape index (κ1) is 24.3. The second-order valence-electron chi connectivity index (χ2n) is 9.80. The van der Waals surface area contributed by atoms with Crippen molar-refractivity contribution in [2.24, 2.45) is 5.92 Å². The molecular formula is C26H36O3S. The van der Waals surface area contributed by atoms with Crippen LogP contribution in [-0.2, 0) is 28.4 Å². The fourth-order valence-corrected chi connectivity index (χ4v) is 4.61. The summed E-state index contributed by atoms with van der Waals surface area (Å²) in [5.74, 6) is 0.642. The van der Waals surface area contributed by atoms with Gasteiger partial charge in [-0.3, -0.25) is 4.79 Å². The largest absolute Gasteiger partial charge is 0.294 e. The van der Waals surface area contributed by atoms with Gasteiger partial charge in [-0.15, -0.1) is 0 Å². The highest BCUT2D eigenvalue weighted by molar-refractivity contribution is 7.91. The van der Waals surface area contributed by atoms with Gasteiger partial charge in [-0.2, -0.15) is 0 Å². The molecule has 0 aliphatic heterocycles. The molecule has 0 saturated heterocycles. The van der Waals surface area contributed by atoms with Crippen LogP contribution in [0, 0.1) is 19.8 Å². The summed E-state index contributed by atoms with van der Waals surface area (Å²) in [6.07, 6.45) is 2.36. The molecule has 0 aromatic heterocycles. The van der Waals surface area contributed by atoms with Crippen LogP contribution >= 0.6 is 0 Å². The Balaban J connectivity index is 2.08. The third-order valence-corrected chi connectivity index (χ3v) is 8.17. The zero-order valence-corrected chi connectivity index (χ0v) is 20.3. The van der Waals surface area contributed by atoms with Crippen LogP contribution in [0.3, 0.4) is 0 Å². The lowest BCUT2D eigenvalue weighted by molar-refractivity contribution is 0.0967. The molecule has 0 fully saturated rings. The standard InChI is InChI=1S/C26H36O3S/c1-18(2)14-25(27)23-15-19(3)24(20(4)16-23)13-12-21-8-10-22(11-9-21)17-30(28,29)26(5,6)7/h8-11,15-16,18H,12-14,17H2,1-7H3. The van der Waals surface area contributed by atoms with E-state index in [9.17, 15) is 13.2 Å². The fraction of sp³-hybridized carbons (Fsp3) is 0.500. The van der Waals surface area contributed by atoms with Crippen molar-refractivity contribution in [2.45, 2.75) is 78.2 Å². The monoisotopic (exact) mass is 428 g/mol. The van der Waals surface area contributed by atoms with Gasteiger partial charge in [0.05, 0.1) is 10.5 Å². The van der Waals surface area contributed by atoms with E-state index >= 15 is 0 Å². The van der Waals surface area contributed by atoms with E-state index in [1.54, 1.807) is 20.8 Å². The minimum Gasteiger partial charge on any atom is -0.294 e. The summed E-state index contributed by atoms with van der Waals surface area (Å²) >= 11 is 0. The quantitative estimate of drug-likeness (QED) is 0.482. The van der Waals surface area contributed by atoms with E-state index in [-0.39, 0.29) is 11.5 Å². The minimum atomic E-state index is -3.18. The molecule has 3 nitrogen and oxygen atoms in total. The van der Waals surface area contributed by atoms with Gasteiger partial charge in [0.1, 0.15) is 0 Å². The van der Waals surface area contributed by atoms with E-state index in [4.69, 9.17) is 0 Å². The Morgan fingerprint density at radius 2 is 1.40 bits per heavy atom. The van der Waals surface area contributed by atoms with Crippen LogP contribution in [-0.4, -0.2) is 18.9 Å². The van der Waals surface area contributed by atoms with Gasteiger partial charge >= 0.3 is 0 Å². The number of sulfone groups is 1. The average molecular weight is 429 g/mol. The number of ketones is 1. The maximum Gasteiger partial charge on any atom is 0.163 e. The summed E-state index contributed by atoms with van der Waals surface area (Å²) in [5.41, 5.74) is 6.44. The second-order valence-corrected chi connectivity index (χ2v) is 12.5. The molecule has 30 heavy (non-hydrogen) atoms. The van der Waals surface area contributed by atoms with Gasteiger partial charge in [-0.25, -0.2) is 8.42 Å². The lowest BCUT2D eigenvalue weighted by atomic mass is 9.91. The molecular weight excluding hydrogens is 392 g/mol. The molecule has 2 aromatic rings. The molecule has 0 radical (unpaired) electrons. The number of hydrogen-bond acceptors (Lipinski definition) is 3. The summed E-state index contributed by atoms with van der Waals surface area (Å²) in [6.45, 7) is 13.5. The summed E-state index contributed by atoms with van der Waals surface area (Å²) in [4.78, 5) is 12.4. The molecule has 0 bridgehead atoms. The average Bonchev–Trinajstić information content (AvgIpc) is 2.60. The van der Waals surface area contributed by atoms with Gasteiger partial charge in [-0.1, -0.05) is 38.1 Å². The summed E-state index contributed by atoms with van der Waals surface area (Å²) < 4.78 is 24.1. The molecule has 0 unspecified atom stereocenters. The first-order valence-corrected chi connectivity index (χ1v) is 12.4. The molecule has 2 rings (SSSR count). The highest BCUT2D eigenvalue weighted by Crippen LogP contribution is 2.23. The Bertz CT molecular complexity index is 969. The highest BCUT2D eigenvalue weighted by Gasteiger charge is 2.28. The Kier molecular flexibility index (Phi) is 7.68. The molecule has 0 heterocycles. The summed E-state index contributed by atoms with van der Waals surface area (Å²) in [5, 5.41) is 0. The lowest BCUT2D eigenvalue weighted by Crippen LogP contribution is -2.29. The topological polar surface area (TPSA) is 51.2 Å². The molecule has 0 aliphatic carbocycles. The predicted molar refractivity (Wildman–Crippen MR) is 126 cm³/mol. The van der Waals surface area contributed by atoms with E-state index in [0.29, 0.717) is 12.3 Å². The van der Waals surface area contributed by atoms with Gasteiger partial charge in [0.15, 0.2) is 15.6 Å². The van der Waals surface area contributed by atoms with Gasteiger partial charge in [0.2, 0.25) is 0 Å². The zero-order chi connectivity index (χ0) is 22.7. The molecule has 2 aromatic carbocycles. The van der Waals surface area contributed by atoms with Crippen LogP contribution in [0.1, 0.15) is 79.2 Å². The Labute approximate surface area is 182 Å². The maximum absolute atomic E-state index is 12.4. The number of aryl methyl sites for hydroxylation is 3. The maximum atomic E-state index is 12.4. The Morgan fingerprint density at radius 1 is 0.900 bits per heavy atom. The summed E-state index contributed by atoms with van der Waals surface area (Å²) in [6, 6.07) is 11.9. The highest BCUT2D eigenvalue weighted by atomic mass is 32.2. The van der Waals surface area contributed by atoms with Crippen molar-refractivity contribution < 1.29 is 13.2 Å². The Morgan fingerprint density at radius 3 is 1.87 bits per heavy atom. The third kappa shape index (κ3) is 6.28. The minimum absolute atomic E-state index is 0.0703. The second kappa shape index (κ2) is 9.47. The van der Waals surface area contributed by atoms with Crippen LogP contribution in [0.2, 0.25) is 0 Å². The molecule has 0 N–H and O–H groups in total. The molecule has 0 atom stereocenters. The van der Waals surface area contributed by atoms with E-state index in [1.165, 1.54) is 11.1 Å². The van der Waals surface area contributed by atoms with Crippen LogP contribution in [0.5, 0.6) is 0 Å². The lowest BCUT2D eigenvalue weighted by Gasteiger charge is -2.19. The van der Waals surface area contributed by atoms with Gasteiger partial charge in [-0.05, 0) is 93.3 Å². The normalized spacial score (nSPS) is 12.4.